The summed E-state index contributed by atoms with van der Waals surface area (Å²) in [6, 6.07) is 17.7. The molecule has 11 heteroatoms. The number of benzene rings is 2. The molecular formula is C29H22Br2N6O3. The van der Waals surface area contributed by atoms with Crippen molar-refractivity contribution in [3.05, 3.63) is 90.9 Å². The second-order valence-electron chi connectivity index (χ2n) is 9.41. The Labute approximate surface area is 247 Å². The number of rotatable bonds is 6. The minimum Gasteiger partial charge on any atom is -0.398 e. The van der Waals surface area contributed by atoms with Gasteiger partial charge in [-0.25, -0.2) is 4.98 Å². The number of nitrogen functional groups attached to an aromatic ring is 1. The molecule has 0 unspecified atom stereocenters. The van der Waals surface area contributed by atoms with Crippen molar-refractivity contribution in [3.63, 3.8) is 0 Å². The standard InChI is InChI=1S/C29H22Br2N6O3/c30-18-5-1-16(2-6-18)21(38)13-29(15-33)23-20(14-32)28(37-9-11-40-12-10-37)36-27(35)22(23)25(34)24(29)26(39)17-3-7-19(31)8-4-17/h1-8H,9-13,34H2,(H2,35,36)/t29-/m1/s1. The molecule has 9 nitrogen and oxygen atoms in total. The quantitative estimate of drug-likeness (QED) is 0.363. The fraction of sp³-hybridized carbons (Fsp3) is 0.207. The highest BCUT2D eigenvalue weighted by atomic mass is 79.9. The summed E-state index contributed by atoms with van der Waals surface area (Å²) in [4.78, 5) is 34.1. The molecule has 40 heavy (non-hydrogen) atoms. The van der Waals surface area contributed by atoms with E-state index in [2.05, 4.69) is 49.0 Å². The molecule has 3 aromatic rings. The molecule has 1 atom stereocenters. The van der Waals surface area contributed by atoms with Crippen LogP contribution < -0.4 is 16.4 Å². The molecule has 2 heterocycles. The molecular weight excluding hydrogens is 640 g/mol. The molecule has 0 radical (unpaired) electrons. The summed E-state index contributed by atoms with van der Waals surface area (Å²) in [6.07, 6.45) is -0.433. The third-order valence-electron chi connectivity index (χ3n) is 7.14. The number of hydrogen-bond acceptors (Lipinski definition) is 9. The van der Waals surface area contributed by atoms with Crippen LogP contribution in [-0.4, -0.2) is 42.9 Å². The molecule has 4 N–H and O–H groups in total. The smallest absolute Gasteiger partial charge is 0.193 e. The zero-order valence-electron chi connectivity index (χ0n) is 21.1. The van der Waals surface area contributed by atoms with Gasteiger partial charge in [-0.2, -0.15) is 10.5 Å². The maximum Gasteiger partial charge on any atom is 0.193 e. The number of ether oxygens (including phenoxy) is 1. The van der Waals surface area contributed by atoms with E-state index in [1.807, 2.05) is 4.90 Å². The van der Waals surface area contributed by atoms with Gasteiger partial charge >= 0.3 is 0 Å². The third-order valence-corrected chi connectivity index (χ3v) is 8.19. The van der Waals surface area contributed by atoms with Gasteiger partial charge in [-0.05, 0) is 36.4 Å². The van der Waals surface area contributed by atoms with Gasteiger partial charge in [0.25, 0.3) is 0 Å². The Hall–Kier alpha value is -4.03. The molecule has 1 aromatic heterocycles. The Kier molecular flexibility index (Phi) is 7.47. The highest BCUT2D eigenvalue weighted by Crippen LogP contribution is 2.52. The molecule has 0 amide bonds. The van der Waals surface area contributed by atoms with Gasteiger partial charge in [0.2, 0.25) is 0 Å². The van der Waals surface area contributed by atoms with Gasteiger partial charge in [-0.3, -0.25) is 9.59 Å². The van der Waals surface area contributed by atoms with Gasteiger partial charge in [0.1, 0.15) is 28.7 Å². The highest BCUT2D eigenvalue weighted by molar-refractivity contribution is 9.10. The van der Waals surface area contributed by atoms with Crippen molar-refractivity contribution in [2.24, 2.45) is 5.73 Å². The number of carbonyl (C=O) groups is 2. The van der Waals surface area contributed by atoms with Crippen molar-refractivity contribution in [2.45, 2.75) is 11.8 Å². The van der Waals surface area contributed by atoms with E-state index in [1.165, 1.54) is 0 Å². The lowest BCUT2D eigenvalue weighted by Crippen LogP contribution is -2.38. The fourth-order valence-electron chi connectivity index (χ4n) is 5.25. The van der Waals surface area contributed by atoms with Crippen molar-refractivity contribution >= 4 is 60.8 Å². The number of morpholine rings is 1. The average Bonchev–Trinajstić information content (AvgIpc) is 3.22. The van der Waals surface area contributed by atoms with Crippen LogP contribution in [0.3, 0.4) is 0 Å². The maximum absolute atomic E-state index is 14.1. The third kappa shape index (κ3) is 4.56. The molecule has 1 aliphatic carbocycles. The first kappa shape index (κ1) is 27.5. The monoisotopic (exact) mass is 660 g/mol. The number of halogens is 2. The van der Waals surface area contributed by atoms with Crippen LogP contribution in [0.5, 0.6) is 0 Å². The molecule has 1 saturated heterocycles. The number of aromatic nitrogens is 1. The van der Waals surface area contributed by atoms with E-state index < -0.39 is 23.4 Å². The number of carbonyl (C=O) groups excluding carboxylic acids is 2. The Bertz CT molecular complexity index is 1650. The summed E-state index contributed by atoms with van der Waals surface area (Å²) >= 11 is 6.73. The van der Waals surface area contributed by atoms with Gasteiger partial charge in [0, 0.05) is 56.3 Å². The van der Waals surface area contributed by atoms with Crippen molar-refractivity contribution < 1.29 is 14.3 Å². The van der Waals surface area contributed by atoms with Crippen LogP contribution in [-0.2, 0) is 10.2 Å². The molecule has 200 valence electrons. The first-order chi connectivity index (χ1) is 19.2. The molecule has 0 spiro atoms. The van der Waals surface area contributed by atoms with E-state index in [9.17, 15) is 20.1 Å². The van der Waals surface area contributed by atoms with Crippen LogP contribution in [0.1, 0.15) is 43.8 Å². The van der Waals surface area contributed by atoms with E-state index in [0.29, 0.717) is 31.9 Å². The van der Waals surface area contributed by atoms with Crippen LogP contribution in [0.4, 0.5) is 11.6 Å². The maximum atomic E-state index is 14.1. The molecule has 5 rings (SSSR count). The summed E-state index contributed by atoms with van der Waals surface area (Å²) in [5, 5.41) is 21.3. The van der Waals surface area contributed by atoms with Crippen molar-refractivity contribution in [1.82, 2.24) is 4.98 Å². The predicted molar refractivity (Wildman–Crippen MR) is 156 cm³/mol. The number of hydrogen-bond donors (Lipinski definition) is 2. The first-order valence-corrected chi connectivity index (χ1v) is 13.9. The second kappa shape index (κ2) is 10.9. The van der Waals surface area contributed by atoms with Crippen molar-refractivity contribution in [1.29, 1.82) is 10.5 Å². The Morgan fingerprint density at radius 1 is 0.975 bits per heavy atom. The number of nitrogens with two attached hydrogens (primary N) is 2. The lowest BCUT2D eigenvalue weighted by Gasteiger charge is -2.31. The SMILES string of the molecule is N#Cc1c(N2CCOCC2)nc(N)c2c1[C@](C#N)(CC(=O)c1ccc(Br)cc1)C(C(=O)c1ccc(Br)cc1)=C2N. The Morgan fingerprint density at radius 2 is 1.55 bits per heavy atom. The summed E-state index contributed by atoms with van der Waals surface area (Å²) in [5.74, 6) is -0.698. The van der Waals surface area contributed by atoms with E-state index >= 15 is 0 Å². The lowest BCUT2D eigenvalue weighted by atomic mass is 9.70. The van der Waals surface area contributed by atoms with Crippen LogP contribution in [0.25, 0.3) is 5.70 Å². The summed E-state index contributed by atoms with van der Waals surface area (Å²) in [5.41, 5.74) is 11.9. The summed E-state index contributed by atoms with van der Waals surface area (Å²) in [7, 11) is 0. The zero-order chi connectivity index (χ0) is 28.6. The summed E-state index contributed by atoms with van der Waals surface area (Å²) < 4.78 is 6.99. The first-order valence-electron chi connectivity index (χ1n) is 12.3. The molecule has 2 aliphatic rings. The highest BCUT2D eigenvalue weighted by Gasteiger charge is 2.53. The van der Waals surface area contributed by atoms with Crippen LogP contribution in [0.15, 0.2) is 63.0 Å². The van der Waals surface area contributed by atoms with Gasteiger partial charge in [-0.1, -0.05) is 44.0 Å². The van der Waals surface area contributed by atoms with E-state index in [1.54, 1.807) is 48.5 Å². The van der Waals surface area contributed by atoms with E-state index in [-0.39, 0.29) is 45.2 Å². The zero-order valence-corrected chi connectivity index (χ0v) is 24.3. The second-order valence-corrected chi connectivity index (χ2v) is 11.2. The molecule has 2 aromatic carbocycles. The Balaban J connectivity index is 1.77. The van der Waals surface area contributed by atoms with Crippen molar-refractivity contribution in [3.8, 4) is 12.1 Å². The number of ketones is 2. The number of nitriles is 2. The topological polar surface area (TPSA) is 159 Å². The minimum absolute atomic E-state index is 0.0256. The number of fused-ring (bicyclic) bond motifs is 1. The van der Waals surface area contributed by atoms with Crippen LogP contribution in [0.2, 0.25) is 0 Å². The fourth-order valence-corrected chi connectivity index (χ4v) is 5.78. The molecule has 1 fully saturated rings. The van der Waals surface area contributed by atoms with Crippen LogP contribution >= 0.6 is 31.9 Å². The van der Waals surface area contributed by atoms with Gasteiger partial charge < -0.3 is 21.1 Å². The Morgan fingerprint density at radius 3 is 2.10 bits per heavy atom. The largest absolute Gasteiger partial charge is 0.398 e. The number of Topliss-reactive ketones (excluding diaryl/α,β-unsaturated/α-hetero) is 2. The van der Waals surface area contributed by atoms with Gasteiger partial charge in [-0.15, -0.1) is 0 Å². The number of pyridine rings is 1. The predicted octanol–water partition coefficient (Wildman–Crippen LogP) is 4.50. The molecule has 0 bridgehead atoms. The number of nitrogens with zero attached hydrogens (tertiary/aromatic N) is 4. The van der Waals surface area contributed by atoms with Gasteiger partial charge in [0.05, 0.1) is 25.0 Å². The molecule has 0 saturated carbocycles. The number of anilines is 2. The average molecular weight is 662 g/mol. The van der Waals surface area contributed by atoms with E-state index in [0.717, 1.165) is 8.95 Å². The minimum atomic E-state index is -1.89. The normalized spacial score (nSPS) is 18.1. The van der Waals surface area contributed by atoms with Crippen LogP contribution in [0, 0.1) is 22.7 Å². The van der Waals surface area contributed by atoms with E-state index in [4.69, 9.17) is 16.2 Å². The lowest BCUT2D eigenvalue weighted by molar-refractivity contribution is 0.0961. The van der Waals surface area contributed by atoms with Crippen molar-refractivity contribution in [2.75, 3.05) is 36.9 Å². The number of allylic oxidation sites excluding steroid dienone is 1. The molecule has 1 aliphatic heterocycles. The van der Waals surface area contributed by atoms with Gasteiger partial charge in [0.15, 0.2) is 11.6 Å². The summed E-state index contributed by atoms with van der Waals surface area (Å²) in [6.45, 7) is 1.74.